The van der Waals surface area contributed by atoms with Gasteiger partial charge in [-0.2, -0.15) is 0 Å². The molecule has 0 radical (unpaired) electrons. The minimum absolute atomic E-state index is 0.0619. The molecule has 6 heteroatoms. The lowest BCUT2D eigenvalue weighted by atomic mass is 10.3. The van der Waals surface area contributed by atoms with E-state index in [1.807, 2.05) is 11.8 Å². The Morgan fingerprint density at radius 3 is 2.71 bits per heavy atom. The second-order valence-corrected chi connectivity index (χ2v) is 4.98. The van der Waals surface area contributed by atoms with Crippen LogP contribution < -0.4 is 0 Å². The van der Waals surface area contributed by atoms with E-state index in [1.165, 1.54) is 12.1 Å². The highest BCUT2D eigenvalue weighted by Gasteiger charge is 2.13. The van der Waals surface area contributed by atoms with Crippen LogP contribution in [0.1, 0.15) is 19.2 Å². The summed E-state index contributed by atoms with van der Waals surface area (Å²) in [5.74, 6) is 0.562. The van der Waals surface area contributed by atoms with E-state index in [9.17, 15) is 4.39 Å². The molecule has 0 atom stereocenters. The molecule has 5 nitrogen and oxygen atoms in total. The van der Waals surface area contributed by atoms with Crippen molar-refractivity contribution in [2.45, 2.75) is 26.4 Å². The first-order valence-electron chi connectivity index (χ1n) is 7.28. The molecule has 1 aromatic heterocycles. The number of benzene rings is 1. The summed E-state index contributed by atoms with van der Waals surface area (Å²) in [7, 11) is 0. The number of aromatic nitrogens is 2. The van der Waals surface area contributed by atoms with Gasteiger partial charge in [0.25, 0.3) is 0 Å². The monoisotopic (exact) mass is 295 g/mol. The Morgan fingerprint density at radius 2 is 2.05 bits per heavy atom. The summed E-state index contributed by atoms with van der Waals surface area (Å²) in [6.07, 6.45) is 0.654. The lowest BCUT2D eigenvalue weighted by Gasteiger charge is -2.20. The zero-order chi connectivity index (χ0) is 15.2. The molecule has 2 N–H and O–H groups in total. The van der Waals surface area contributed by atoms with Crippen LogP contribution in [0.3, 0.4) is 0 Å². The summed E-state index contributed by atoms with van der Waals surface area (Å²) in [5, 5.41) is 18.1. The zero-order valence-electron chi connectivity index (χ0n) is 12.3. The van der Waals surface area contributed by atoms with Gasteiger partial charge < -0.3 is 14.8 Å². The van der Waals surface area contributed by atoms with Gasteiger partial charge >= 0.3 is 0 Å². The number of halogens is 1. The molecular formula is C15H22FN3O2. The smallest absolute Gasteiger partial charge is 0.125 e. The minimum atomic E-state index is -0.290. The normalized spacial score (nSPS) is 11.7. The van der Waals surface area contributed by atoms with Crippen LogP contribution in [0.5, 0.6) is 0 Å². The van der Waals surface area contributed by atoms with Gasteiger partial charge in [-0.05, 0) is 25.5 Å². The van der Waals surface area contributed by atoms with Gasteiger partial charge in [0.1, 0.15) is 11.6 Å². The molecule has 0 aliphatic rings. The van der Waals surface area contributed by atoms with Crippen molar-refractivity contribution in [3.63, 3.8) is 0 Å². The number of imidazole rings is 1. The van der Waals surface area contributed by atoms with E-state index >= 15 is 0 Å². The van der Waals surface area contributed by atoms with Crippen LogP contribution in [0.2, 0.25) is 0 Å². The maximum atomic E-state index is 13.3. The van der Waals surface area contributed by atoms with Crippen molar-refractivity contribution in [1.29, 1.82) is 0 Å². The van der Waals surface area contributed by atoms with Crippen molar-refractivity contribution in [3.05, 3.63) is 29.8 Å². The molecule has 21 heavy (non-hydrogen) atoms. The molecule has 2 rings (SSSR count). The molecule has 1 heterocycles. The maximum Gasteiger partial charge on any atom is 0.125 e. The van der Waals surface area contributed by atoms with Gasteiger partial charge in [-0.15, -0.1) is 0 Å². The van der Waals surface area contributed by atoms with E-state index in [2.05, 4.69) is 9.55 Å². The maximum absolute atomic E-state index is 13.3. The average molecular weight is 295 g/mol. The molecule has 0 bridgehead atoms. The number of hydrogen-bond acceptors (Lipinski definition) is 4. The molecule has 0 unspecified atom stereocenters. The van der Waals surface area contributed by atoms with E-state index in [-0.39, 0.29) is 19.0 Å². The van der Waals surface area contributed by atoms with Crippen molar-refractivity contribution in [2.75, 3.05) is 26.3 Å². The standard InChI is InChI=1S/C15H22FN3O2/c1-2-19-14-5-4-12(16)10-13(14)17-15(19)11-18(7-9-21)6-3-8-20/h4-5,10,20-21H,2-3,6-9,11H2,1H3. The van der Waals surface area contributed by atoms with E-state index in [1.54, 1.807) is 6.07 Å². The molecule has 1 aromatic carbocycles. The van der Waals surface area contributed by atoms with Gasteiger partial charge in [-0.3, -0.25) is 4.90 Å². The van der Waals surface area contributed by atoms with Crippen LogP contribution in [0.25, 0.3) is 11.0 Å². The highest BCUT2D eigenvalue weighted by Crippen LogP contribution is 2.18. The van der Waals surface area contributed by atoms with Crippen LogP contribution in [-0.4, -0.2) is 51.0 Å². The van der Waals surface area contributed by atoms with E-state index in [0.717, 1.165) is 17.9 Å². The van der Waals surface area contributed by atoms with Crippen LogP contribution in [0.4, 0.5) is 4.39 Å². The second kappa shape index (κ2) is 7.49. The van der Waals surface area contributed by atoms with Crippen LogP contribution in [-0.2, 0) is 13.1 Å². The average Bonchev–Trinajstić information content (AvgIpc) is 2.81. The second-order valence-electron chi connectivity index (χ2n) is 4.98. The summed E-state index contributed by atoms with van der Waals surface area (Å²) in [5.41, 5.74) is 1.57. The molecule has 0 spiro atoms. The third-order valence-corrected chi connectivity index (χ3v) is 3.52. The molecule has 0 aliphatic carbocycles. The molecule has 0 saturated heterocycles. The molecule has 116 valence electrons. The molecule has 0 aliphatic heterocycles. The first-order chi connectivity index (χ1) is 10.2. The van der Waals surface area contributed by atoms with Crippen LogP contribution in [0, 0.1) is 5.82 Å². The Bertz CT molecular complexity index is 586. The number of aliphatic hydroxyl groups is 2. The number of nitrogens with zero attached hydrogens (tertiary/aromatic N) is 3. The number of fused-ring (bicyclic) bond motifs is 1. The number of rotatable bonds is 8. The Morgan fingerprint density at radius 1 is 1.24 bits per heavy atom. The van der Waals surface area contributed by atoms with E-state index in [0.29, 0.717) is 31.6 Å². The SMILES string of the molecule is CCn1c(CN(CCO)CCCO)nc2cc(F)ccc21. The summed E-state index contributed by atoms with van der Waals surface area (Å²) in [4.78, 5) is 6.55. The predicted molar refractivity (Wildman–Crippen MR) is 79.4 cm³/mol. The third kappa shape index (κ3) is 3.78. The topological polar surface area (TPSA) is 61.5 Å². The highest BCUT2D eigenvalue weighted by molar-refractivity contribution is 5.76. The lowest BCUT2D eigenvalue weighted by Crippen LogP contribution is -2.29. The van der Waals surface area contributed by atoms with Gasteiger partial charge in [0.15, 0.2) is 0 Å². The van der Waals surface area contributed by atoms with Gasteiger partial charge in [0.05, 0.1) is 24.2 Å². The molecular weight excluding hydrogens is 273 g/mol. The predicted octanol–water partition coefficient (Wildman–Crippen LogP) is 1.37. The van der Waals surface area contributed by atoms with E-state index in [4.69, 9.17) is 10.2 Å². The largest absolute Gasteiger partial charge is 0.396 e. The zero-order valence-corrected chi connectivity index (χ0v) is 12.3. The Kier molecular flexibility index (Phi) is 5.67. The number of aliphatic hydroxyl groups excluding tert-OH is 2. The summed E-state index contributed by atoms with van der Waals surface area (Å²) in [6, 6.07) is 4.63. The molecule has 0 amide bonds. The van der Waals surface area contributed by atoms with Gasteiger partial charge in [0.2, 0.25) is 0 Å². The third-order valence-electron chi connectivity index (χ3n) is 3.52. The Labute approximate surface area is 123 Å². The molecule has 0 fully saturated rings. The lowest BCUT2D eigenvalue weighted by molar-refractivity contribution is 0.170. The summed E-state index contributed by atoms with van der Waals surface area (Å²) < 4.78 is 15.4. The van der Waals surface area contributed by atoms with Crippen molar-refractivity contribution in [3.8, 4) is 0 Å². The Balaban J connectivity index is 2.26. The van der Waals surface area contributed by atoms with Gasteiger partial charge in [-0.1, -0.05) is 0 Å². The summed E-state index contributed by atoms with van der Waals surface area (Å²) >= 11 is 0. The van der Waals surface area contributed by atoms with Gasteiger partial charge in [-0.25, -0.2) is 9.37 Å². The fourth-order valence-corrected chi connectivity index (χ4v) is 2.53. The first kappa shape index (κ1) is 15.9. The van der Waals surface area contributed by atoms with Crippen molar-refractivity contribution in [1.82, 2.24) is 14.5 Å². The number of hydrogen-bond donors (Lipinski definition) is 2. The first-order valence-corrected chi connectivity index (χ1v) is 7.28. The summed E-state index contributed by atoms with van der Waals surface area (Å²) in [6.45, 7) is 4.76. The van der Waals surface area contributed by atoms with Crippen molar-refractivity contribution in [2.24, 2.45) is 0 Å². The quantitative estimate of drug-likeness (QED) is 0.772. The minimum Gasteiger partial charge on any atom is -0.396 e. The fraction of sp³-hybridized carbons (Fsp3) is 0.533. The van der Waals surface area contributed by atoms with E-state index < -0.39 is 0 Å². The van der Waals surface area contributed by atoms with Gasteiger partial charge in [0, 0.05) is 32.3 Å². The van der Waals surface area contributed by atoms with Crippen LogP contribution in [0.15, 0.2) is 18.2 Å². The molecule has 2 aromatic rings. The van der Waals surface area contributed by atoms with Crippen LogP contribution >= 0.6 is 0 Å². The molecule has 0 saturated carbocycles. The number of aryl methyl sites for hydroxylation is 1. The highest BCUT2D eigenvalue weighted by atomic mass is 19.1. The Hall–Kier alpha value is -1.50. The van der Waals surface area contributed by atoms with Crippen molar-refractivity contribution >= 4 is 11.0 Å². The fourth-order valence-electron chi connectivity index (χ4n) is 2.53. The van der Waals surface area contributed by atoms with Crippen molar-refractivity contribution < 1.29 is 14.6 Å².